The molecule has 1 aliphatic carbocycles. The van der Waals surface area contributed by atoms with Crippen molar-refractivity contribution in [2.75, 3.05) is 0 Å². The molecule has 0 bridgehead atoms. The fourth-order valence-electron chi connectivity index (χ4n) is 2.51. The van der Waals surface area contributed by atoms with Crippen molar-refractivity contribution in [3.63, 3.8) is 0 Å². The van der Waals surface area contributed by atoms with Gasteiger partial charge in [0.15, 0.2) is 11.2 Å². The number of carbonyl (C=O) groups excluding carboxylic acids is 2. The zero-order valence-electron chi connectivity index (χ0n) is 11.5. The molecule has 100 valence electrons. The van der Waals surface area contributed by atoms with Crippen molar-refractivity contribution in [1.82, 2.24) is 4.57 Å². The van der Waals surface area contributed by atoms with Gasteiger partial charge in [-0.1, -0.05) is 18.2 Å². The van der Waals surface area contributed by atoms with Crippen LogP contribution in [0.4, 0.5) is 0 Å². The van der Waals surface area contributed by atoms with Crippen LogP contribution in [0.3, 0.4) is 0 Å². The molecule has 0 radical (unpaired) electrons. The van der Waals surface area contributed by atoms with E-state index >= 15 is 0 Å². The van der Waals surface area contributed by atoms with Crippen LogP contribution in [-0.4, -0.2) is 16.3 Å². The summed E-state index contributed by atoms with van der Waals surface area (Å²) in [6.45, 7) is -0.359. The number of pyridine rings is 1. The third kappa shape index (κ3) is 2.72. The van der Waals surface area contributed by atoms with E-state index in [4.69, 9.17) is 0 Å². The first-order valence-electron chi connectivity index (χ1n) is 6.14. The van der Waals surface area contributed by atoms with Gasteiger partial charge in [0.25, 0.3) is 0 Å². The smallest absolute Gasteiger partial charge is 0.548 e. The number of fused-ring (bicyclic) bond motifs is 2. The second-order valence-electron chi connectivity index (χ2n) is 4.62. The van der Waals surface area contributed by atoms with E-state index < -0.39 is 5.97 Å². The Morgan fingerprint density at radius 1 is 1.24 bits per heavy atom. The molecule has 0 spiro atoms. The van der Waals surface area contributed by atoms with Crippen LogP contribution in [0.25, 0.3) is 23.1 Å². The third-order valence-electron chi connectivity index (χ3n) is 3.34. The molecule has 0 N–H and O–H groups in total. The van der Waals surface area contributed by atoms with E-state index in [0.717, 1.165) is 0 Å². The zero-order valence-corrected chi connectivity index (χ0v) is 13.5. The summed E-state index contributed by atoms with van der Waals surface area (Å²) in [7, 11) is 0. The SMILES string of the molecule is O=C([O-])Cn1c2c(c(=O)c3ccccc31)=CC(=O)CC=2.[Na+]. The van der Waals surface area contributed by atoms with Gasteiger partial charge in [-0.3, -0.25) is 9.59 Å². The molecular weight excluding hydrogens is 281 g/mol. The Morgan fingerprint density at radius 2 is 1.95 bits per heavy atom. The normalized spacial score (nSPS) is 12.9. The van der Waals surface area contributed by atoms with Crippen LogP contribution in [0, 0.1) is 0 Å². The number of carboxylic acid groups (broad SMARTS) is 1. The molecule has 0 atom stereocenters. The number of Topliss-reactive ketones (excluding diaryl/α,β-unsaturated/α-hetero) is 1. The van der Waals surface area contributed by atoms with Gasteiger partial charge < -0.3 is 14.5 Å². The minimum absolute atomic E-state index is 0. The van der Waals surface area contributed by atoms with Gasteiger partial charge in [0, 0.05) is 22.4 Å². The van der Waals surface area contributed by atoms with E-state index in [0.29, 0.717) is 16.3 Å². The molecule has 2 aromatic rings. The van der Waals surface area contributed by atoms with Gasteiger partial charge in [-0.15, -0.1) is 0 Å². The van der Waals surface area contributed by atoms with Gasteiger partial charge in [-0.25, -0.2) is 0 Å². The van der Waals surface area contributed by atoms with Gasteiger partial charge in [-0.2, -0.15) is 0 Å². The summed E-state index contributed by atoms with van der Waals surface area (Å²) in [5.74, 6) is -1.41. The van der Waals surface area contributed by atoms with E-state index in [1.54, 1.807) is 30.3 Å². The average Bonchev–Trinajstić information content (AvgIpc) is 2.43. The molecule has 1 aromatic heterocycles. The molecule has 5 nitrogen and oxygen atoms in total. The minimum Gasteiger partial charge on any atom is -0.548 e. The molecule has 1 aliphatic rings. The van der Waals surface area contributed by atoms with Crippen LogP contribution in [0.2, 0.25) is 0 Å². The average molecular weight is 291 g/mol. The monoisotopic (exact) mass is 291 g/mol. The van der Waals surface area contributed by atoms with Gasteiger partial charge in [0.05, 0.1) is 18.0 Å². The largest absolute Gasteiger partial charge is 1.00 e. The predicted molar refractivity (Wildman–Crippen MR) is 71.0 cm³/mol. The van der Waals surface area contributed by atoms with Crippen molar-refractivity contribution < 1.29 is 44.3 Å². The van der Waals surface area contributed by atoms with Crippen LogP contribution in [-0.2, 0) is 16.1 Å². The van der Waals surface area contributed by atoms with E-state index in [-0.39, 0.29) is 59.0 Å². The standard InChI is InChI=1S/C15H11NO4.Na/c17-9-5-6-13-11(7-9)15(20)10-3-1-2-4-12(10)16(13)8-14(18)19;/h1-4,6-7H,5,8H2,(H,18,19);/q;+1/p-1. The van der Waals surface area contributed by atoms with Crippen LogP contribution in [0.1, 0.15) is 6.42 Å². The predicted octanol–water partition coefficient (Wildman–Crippen LogP) is -4.71. The Hall–Kier alpha value is -1.69. The summed E-state index contributed by atoms with van der Waals surface area (Å²) in [4.78, 5) is 34.8. The molecular formula is C15H10NNaO4. The molecule has 0 saturated carbocycles. The second-order valence-corrected chi connectivity index (χ2v) is 4.62. The molecule has 3 rings (SSSR count). The molecule has 0 amide bonds. The van der Waals surface area contributed by atoms with Crippen molar-refractivity contribution >= 4 is 34.8 Å². The molecule has 0 unspecified atom stereocenters. The van der Waals surface area contributed by atoms with E-state index in [1.165, 1.54) is 10.6 Å². The van der Waals surface area contributed by atoms with Crippen molar-refractivity contribution in [2.24, 2.45) is 0 Å². The number of para-hydroxylation sites is 1. The van der Waals surface area contributed by atoms with Gasteiger partial charge in [0.1, 0.15) is 0 Å². The number of ketones is 1. The summed E-state index contributed by atoms with van der Waals surface area (Å²) in [6.07, 6.45) is 3.04. The first-order valence-corrected chi connectivity index (χ1v) is 6.14. The third-order valence-corrected chi connectivity index (χ3v) is 3.34. The maximum absolute atomic E-state index is 12.4. The van der Waals surface area contributed by atoms with Gasteiger partial charge >= 0.3 is 29.6 Å². The molecule has 0 fully saturated rings. The van der Waals surface area contributed by atoms with Gasteiger partial charge in [0.2, 0.25) is 0 Å². The minimum atomic E-state index is -1.24. The topological polar surface area (TPSA) is 79.2 Å². The van der Waals surface area contributed by atoms with Gasteiger partial charge in [-0.05, 0) is 18.2 Å². The fraction of sp³-hybridized carbons (Fsp3) is 0.133. The maximum atomic E-state index is 12.4. The van der Waals surface area contributed by atoms with E-state index in [2.05, 4.69) is 0 Å². The summed E-state index contributed by atoms with van der Waals surface area (Å²) < 4.78 is 1.50. The van der Waals surface area contributed by atoms with Crippen LogP contribution < -0.4 is 50.7 Å². The Balaban J connectivity index is 0.00000161. The zero-order chi connectivity index (χ0) is 14.3. The van der Waals surface area contributed by atoms with E-state index in [1.807, 2.05) is 0 Å². The number of rotatable bonds is 2. The summed E-state index contributed by atoms with van der Waals surface area (Å²) in [6, 6.07) is 6.74. The fourth-order valence-corrected chi connectivity index (χ4v) is 2.51. The maximum Gasteiger partial charge on any atom is 1.00 e. The number of carboxylic acids is 1. The van der Waals surface area contributed by atoms with Crippen molar-refractivity contribution in [1.29, 1.82) is 0 Å². The first kappa shape index (κ1) is 15.7. The van der Waals surface area contributed by atoms with Crippen LogP contribution in [0.5, 0.6) is 0 Å². The molecule has 1 heterocycles. The second kappa shape index (κ2) is 5.97. The number of nitrogens with zero attached hydrogens (tertiary/aromatic N) is 1. The van der Waals surface area contributed by atoms with Crippen LogP contribution >= 0.6 is 0 Å². The van der Waals surface area contributed by atoms with Crippen molar-refractivity contribution in [3.05, 3.63) is 45.1 Å². The number of aromatic nitrogens is 1. The molecule has 0 aliphatic heterocycles. The number of carbonyl (C=O) groups is 2. The summed E-state index contributed by atoms with van der Waals surface area (Å²) >= 11 is 0. The summed E-state index contributed by atoms with van der Waals surface area (Å²) in [5, 5.41) is 12.1. The molecule has 21 heavy (non-hydrogen) atoms. The Bertz CT molecular complexity index is 927. The van der Waals surface area contributed by atoms with E-state index in [9.17, 15) is 19.5 Å². The molecule has 6 heteroatoms. The van der Waals surface area contributed by atoms with Crippen molar-refractivity contribution in [3.8, 4) is 0 Å². The Morgan fingerprint density at radius 3 is 2.67 bits per heavy atom. The Labute approximate surface area is 141 Å². The van der Waals surface area contributed by atoms with Crippen LogP contribution in [0.15, 0.2) is 29.1 Å². The number of benzene rings is 1. The Kier molecular flexibility index (Phi) is 4.46. The number of hydrogen-bond donors (Lipinski definition) is 0. The van der Waals surface area contributed by atoms with Crippen molar-refractivity contribution in [2.45, 2.75) is 13.0 Å². The molecule has 0 saturated heterocycles. The summed E-state index contributed by atoms with van der Waals surface area (Å²) in [5.41, 5.74) is 0.272. The molecule has 1 aromatic carbocycles. The first-order chi connectivity index (χ1) is 9.58. The number of hydrogen-bond acceptors (Lipinski definition) is 4. The quantitative estimate of drug-likeness (QED) is 0.521. The number of aliphatic carboxylic acids is 1.